The summed E-state index contributed by atoms with van der Waals surface area (Å²) in [4.78, 5) is 11.4. The van der Waals surface area contributed by atoms with E-state index in [4.69, 9.17) is 11.6 Å². The summed E-state index contributed by atoms with van der Waals surface area (Å²) in [7, 11) is -3.86. The second-order valence-corrected chi connectivity index (χ2v) is 6.91. The third-order valence-corrected chi connectivity index (χ3v) is 5.45. The molecule has 0 spiro atoms. The largest absolute Gasteiger partial charge is 0.302 e. The van der Waals surface area contributed by atoms with Crippen LogP contribution < -0.4 is 4.80 Å². The molecule has 0 atom stereocenters. The van der Waals surface area contributed by atoms with E-state index in [0.717, 1.165) is 11.3 Å². The molecule has 0 unspecified atom stereocenters. The Labute approximate surface area is 130 Å². The maximum atomic E-state index is 12.2. The smallest absolute Gasteiger partial charge is 0.285 e. The monoisotopic (exact) mass is 342 g/mol. The summed E-state index contributed by atoms with van der Waals surface area (Å²) in [5.41, 5.74) is 0. The summed E-state index contributed by atoms with van der Waals surface area (Å²) in [5.74, 6) is 0. The third kappa shape index (κ3) is 3.31. The van der Waals surface area contributed by atoms with E-state index in [0.29, 0.717) is 6.29 Å². The Kier molecular flexibility index (Phi) is 4.76. The standard InChI is InChI=1S/C13H11ClN2O3S2/c1-2-8-16-12(14)11(9-17)20-13(16)15-21(18,19)10-6-4-3-5-7-10/h2-7,9H,1,8H2/b15-13+. The van der Waals surface area contributed by atoms with Gasteiger partial charge in [0, 0.05) is 6.54 Å². The highest BCUT2D eigenvalue weighted by molar-refractivity contribution is 7.90. The molecular formula is C13H11ClN2O3S2. The molecule has 2 rings (SSSR count). The molecular weight excluding hydrogens is 332 g/mol. The zero-order chi connectivity index (χ0) is 15.5. The predicted molar refractivity (Wildman–Crippen MR) is 82.1 cm³/mol. The fourth-order valence-electron chi connectivity index (χ4n) is 1.59. The molecule has 0 saturated carbocycles. The fourth-order valence-corrected chi connectivity index (χ4v) is 4.02. The van der Waals surface area contributed by atoms with Gasteiger partial charge in [0.05, 0.1) is 4.90 Å². The maximum absolute atomic E-state index is 12.2. The normalized spacial score (nSPS) is 12.3. The van der Waals surface area contributed by atoms with Crippen LogP contribution in [0.3, 0.4) is 0 Å². The van der Waals surface area contributed by atoms with Crippen LogP contribution in [0.15, 0.2) is 52.3 Å². The van der Waals surface area contributed by atoms with Crippen LogP contribution in [0.5, 0.6) is 0 Å². The predicted octanol–water partition coefficient (Wildman–Crippen LogP) is 2.49. The van der Waals surface area contributed by atoms with E-state index in [1.54, 1.807) is 24.3 Å². The number of benzene rings is 1. The number of halogens is 1. The van der Waals surface area contributed by atoms with Crippen molar-refractivity contribution in [3.63, 3.8) is 0 Å². The molecule has 0 N–H and O–H groups in total. The number of thiazole rings is 1. The number of aromatic nitrogens is 1. The second kappa shape index (κ2) is 6.38. The Morgan fingerprint density at radius 3 is 2.57 bits per heavy atom. The number of sulfonamides is 1. The van der Waals surface area contributed by atoms with Crippen LogP contribution in [0.4, 0.5) is 0 Å². The van der Waals surface area contributed by atoms with Crippen molar-refractivity contribution in [1.29, 1.82) is 0 Å². The summed E-state index contributed by atoms with van der Waals surface area (Å²) in [5, 5.41) is 0.150. The molecule has 21 heavy (non-hydrogen) atoms. The van der Waals surface area contributed by atoms with E-state index in [-0.39, 0.29) is 26.3 Å². The van der Waals surface area contributed by atoms with Gasteiger partial charge in [0.15, 0.2) is 6.29 Å². The molecule has 0 amide bonds. The van der Waals surface area contributed by atoms with Crippen molar-refractivity contribution in [2.45, 2.75) is 11.4 Å². The molecule has 0 aliphatic rings. The van der Waals surface area contributed by atoms with Crippen LogP contribution in [0.1, 0.15) is 9.67 Å². The Bertz CT molecular complexity index is 836. The number of rotatable bonds is 5. The first-order chi connectivity index (χ1) is 9.99. The van der Waals surface area contributed by atoms with Gasteiger partial charge in [-0.3, -0.25) is 4.79 Å². The number of hydrogen-bond acceptors (Lipinski definition) is 4. The summed E-state index contributed by atoms with van der Waals surface area (Å²) in [6, 6.07) is 7.83. The lowest BCUT2D eigenvalue weighted by Crippen LogP contribution is -2.16. The molecule has 110 valence electrons. The first kappa shape index (κ1) is 15.7. The zero-order valence-corrected chi connectivity index (χ0v) is 13.2. The first-order valence-electron chi connectivity index (χ1n) is 5.81. The highest BCUT2D eigenvalue weighted by Gasteiger charge is 2.15. The van der Waals surface area contributed by atoms with E-state index in [2.05, 4.69) is 11.0 Å². The van der Waals surface area contributed by atoms with Crippen molar-refractivity contribution in [3.8, 4) is 0 Å². The molecule has 2 aromatic rings. The van der Waals surface area contributed by atoms with Crippen molar-refractivity contribution in [2.75, 3.05) is 0 Å². The molecule has 1 aromatic heterocycles. The second-order valence-electron chi connectivity index (χ2n) is 3.94. The van der Waals surface area contributed by atoms with Crippen molar-refractivity contribution in [1.82, 2.24) is 4.57 Å². The van der Waals surface area contributed by atoms with Crippen LogP contribution in [0.25, 0.3) is 0 Å². The number of nitrogens with zero attached hydrogens (tertiary/aromatic N) is 2. The molecule has 8 heteroatoms. The highest BCUT2D eigenvalue weighted by atomic mass is 35.5. The quantitative estimate of drug-likeness (QED) is 0.619. The van der Waals surface area contributed by atoms with Crippen molar-refractivity contribution >= 4 is 39.2 Å². The van der Waals surface area contributed by atoms with Gasteiger partial charge in [-0.2, -0.15) is 8.42 Å². The number of allylic oxidation sites excluding steroid dienone is 1. The lowest BCUT2D eigenvalue weighted by molar-refractivity contribution is 0.112. The van der Waals surface area contributed by atoms with Gasteiger partial charge in [-0.15, -0.1) is 11.0 Å². The van der Waals surface area contributed by atoms with Gasteiger partial charge in [-0.25, -0.2) is 0 Å². The van der Waals surface area contributed by atoms with Crippen LogP contribution in [0, 0.1) is 0 Å². The van der Waals surface area contributed by atoms with E-state index in [1.165, 1.54) is 16.7 Å². The lowest BCUT2D eigenvalue weighted by Gasteiger charge is -2.00. The SMILES string of the molecule is C=CCn1c(Cl)c(C=O)s/c1=N/S(=O)(=O)c1ccccc1. The molecule has 1 heterocycles. The number of carbonyl (C=O) groups is 1. The first-order valence-corrected chi connectivity index (χ1v) is 8.44. The van der Waals surface area contributed by atoms with E-state index >= 15 is 0 Å². The minimum Gasteiger partial charge on any atom is -0.302 e. The van der Waals surface area contributed by atoms with Gasteiger partial charge in [-0.05, 0) is 12.1 Å². The molecule has 0 aliphatic carbocycles. The number of hydrogen-bond donors (Lipinski definition) is 0. The highest BCUT2D eigenvalue weighted by Crippen LogP contribution is 2.18. The minimum atomic E-state index is -3.86. The Morgan fingerprint density at radius 2 is 2.00 bits per heavy atom. The maximum Gasteiger partial charge on any atom is 0.285 e. The van der Waals surface area contributed by atoms with Crippen LogP contribution in [-0.4, -0.2) is 19.3 Å². The molecule has 0 radical (unpaired) electrons. The Morgan fingerprint density at radius 1 is 1.33 bits per heavy atom. The molecule has 5 nitrogen and oxygen atoms in total. The van der Waals surface area contributed by atoms with Gasteiger partial charge in [0.25, 0.3) is 10.0 Å². The minimum absolute atomic E-state index is 0.0762. The van der Waals surface area contributed by atoms with Gasteiger partial charge in [0.1, 0.15) is 10.0 Å². The van der Waals surface area contributed by atoms with Gasteiger partial charge in [0.2, 0.25) is 4.80 Å². The van der Waals surface area contributed by atoms with Crippen LogP contribution in [0.2, 0.25) is 5.15 Å². The molecule has 0 aliphatic heterocycles. The van der Waals surface area contributed by atoms with Crippen molar-refractivity contribution < 1.29 is 13.2 Å². The molecule has 0 bridgehead atoms. The zero-order valence-electron chi connectivity index (χ0n) is 10.8. The number of aldehydes is 1. The Hall–Kier alpha value is -1.70. The topological polar surface area (TPSA) is 68.5 Å². The average Bonchev–Trinajstić information content (AvgIpc) is 2.76. The summed E-state index contributed by atoms with van der Waals surface area (Å²) < 4.78 is 29.7. The van der Waals surface area contributed by atoms with Crippen molar-refractivity contribution in [2.24, 2.45) is 4.40 Å². The number of carbonyl (C=O) groups excluding carboxylic acids is 1. The average molecular weight is 343 g/mol. The van der Waals surface area contributed by atoms with E-state index in [1.807, 2.05) is 0 Å². The molecule has 1 aromatic carbocycles. The van der Waals surface area contributed by atoms with E-state index in [9.17, 15) is 13.2 Å². The fraction of sp³-hybridized carbons (Fsp3) is 0.0769. The van der Waals surface area contributed by atoms with Crippen molar-refractivity contribution in [3.05, 3.63) is 57.8 Å². The van der Waals surface area contributed by atoms with E-state index < -0.39 is 10.0 Å². The molecule has 0 fully saturated rings. The van der Waals surface area contributed by atoms with Gasteiger partial charge >= 0.3 is 0 Å². The van der Waals surface area contributed by atoms with Gasteiger partial charge in [-0.1, -0.05) is 47.2 Å². The Balaban J connectivity index is 2.65. The summed E-state index contributed by atoms with van der Waals surface area (Å²) >= 11 is 6.94. The summed E-state index contributed by atoms with van der Waals surface area (Å²) in [6.45, 7) is 3.83. The summed E-state index contributed by atoms with van der Waals surface area (Å²) in [6.07, 6.45) is 2.11. The van der Waals surface area contributed by atoms with Crippen LogP contribution in [-0.2, 0) is 16.6 Å². The van der Waals surface area contributed by atoms with Crippen LogP contribution >= 0.6 is 22.9 Å². The lowest BCUT2D eigenvalue weighted by atomic mass is 10.4. The molecule has 0 saturated heterocycles. The van der Waals surface area contributed by atoms with Gasteiger partial charge < -0.3 is 4.57 Å². The third-order valence-electron chi connectivity index (χ3n) is 2.53.